The van der Waals surface area contributed by atoms with E-state index in [2.05, 4.69) is 11.4 Å². The van der Waals surface area contributed by atoms with Gasteiger partial charge < -0.3 is 15.3 Å². The number of nitrogens with zero attached hydrogens (tertiary/aromatic N) is 2. The van der Waals surface area contributed by atoms with E-state index in [1.165, 1.54) is 32.1 Å². The molecule has 26 heavy (non-hydrogen) atoms. The summed E-state index contributed by atoms with van der Waals surface area (Å²) in [4.78, 5) is 14.1. The first-order valence-electron chi connectivity index (χ1n) is 10.7. The average Bonchev–Trinajstić information content (AvgIpc) is 3.33. The Kier molecular flexibility index (Phi) is 5.25. The Balaban J connectivity index is 1.25. The van der Waals surface area contributed by atoms with Crippen LogP contribution in [0.4, 0.5) is 0 Å². The summed E-state index contributed by atoms with van der Waals surface area (Å²) >= 11 is 0. The molecule has 3 saturated carbocycles. The lowest BCUT2D eigenvalue weighted by Gasteiger charge is -2.36. The van der Waals surface area contributed by atoms with Crippen molar-refractivity contribution in [2.45, 2.75) is 88.3 Å². The molecule has 0 bridgehead atoms. The van der Waals surface area contributed by atoms with Crippen LogP contribution in [-0.4, -0.2) is 46.7 Å². The van der Waals surface area contributed by atoms with Crippen LogP contribution in [0.2, 0.25) is 0 Å². The fourth-order valence-electron chi connectivity index (χ4n) is 6.38. The SMILES string of the molecule is N#C[C@@H]1CCCN1C(=O)CN[C@@H]1C[C@@H]2CC(O)(C3CCCCC3)C[C@@H]2C1. The lowest BCUT2D eigenvalue weighted by molar-refractivity contribution is -0.130. The van der Waals surface area contributed by atoms with Gasteiger partial charge in [-0.1, -0.05) is 19.3 Å². The summed E-state index contributed by atoms with van der Waals surface area (Å²) in [5.41, 5.74) is -0.411. The van der Waals surface area contributed by atoms with Gasteiger partial charge in [0, 0.05) is 12.6 Å². The van der Waals surface area contributed by atoms with Crippen molar-refractivity contribution in [2.75, 3.05) is 13.1 Å². The van der Waals surface area contributed by atoms with Crippen molar-refractivity contribution in [3.8, 4) is 6.07 Å². The van der Waals surface area contributed by atoms with Crippen LogP contribution in [0, 0.1) is 29.1 Å². The smallest absolute Gasteiger partial charge is 0.237 e. The van der Waals surface area contributed by atoms with Crippen molar-refractivity contribution in [1.29, 1.82) is 5.26 Å². The van der Waals surface area contributed by atoms with Gasteiger partial charge in [0.25, 0.3) is 0 Å². The van der Waals surface area contributed by atoms with Crippen LogP contribution in [0.3, 0.4) is 0 Å². The Hall–Kier alpha value is -1.12. The minimum Gasteiger partial charge on any atom is -0.390 e. The third-order valence-electron chi connectivity index (χ3n) is 7.70. The van der Waals surface area contributed by atoms with Gasteiger partial charge in [-0.2, -0.15) is 5.26 Å². The molecule has 1 saturated heterocycles. The Morgan fingerprint density at radius 2 is 1.81 bits per heavy atom. The van der Waals surface area contributed by atoms with E-state index in [-0.39, 0.29) is 11.9 Å². The summed E-state index contributed by atoms with van der Waals surface area (Å²) in [6.07, 6.45) is 12.2. The first kappa shape index (κ1) is 18.3. The molecular formula is C21H33N3O2. The molecule has 4 fully saturated rings. The van der Waals surface area contributed by atoms with Crippen molar-refractivity contribution in [3.63, 3.8) is 0 Å². The lowest BCUT2D eigenvalue weighted by Crippen LogP contribution is -2.43. The van der Waals surface area contributed by atoms with Crippen LogP contribution < -0.4 is 5.32 Å². The fraction of sp³-hybridized carbons (Fsp3) is 0.905. The molecule has 3 aliphatic carbocycles. The predicted molar refractivity (Wildman–Crippen MR) is 99.1 cm³/mol. The number of hydrogen-bond acceptors (Lipinski definition) is 4. The number of carbonyl (C=O) groups excluding carboxylic acids is 1. The van der Waals surface area contributed by atoms with Gasteiger partial charge >= 0.3 is 0 Å². The summed E-state index contributed by atoms with van der Waals surface area (Å²) in [6, 6.07) is 2.42. The number of amides is 1. The molecule has 144 valence electrons. The number of hydrogen-bond donors (Lipinski definition) is 2. The van der Waals surface area contributed by atoms with E-state index in [1.807, 2.05) is 0 Å². The highest BCUT2D eigenvalue weighted by Crippen LogP contribution is 2.53. The molecule has 5 heteroatoms. The average molecular weight is 360 g/mol. The van der Waals surface area contributed by atoms with E-state index in [0.717, 1.165) is 45.1 Å². The number of nitrogens with one attached hydrogen (secondary N) is 1. The Morgan fingerprint density at radius 1 is 1.12 bits per heavy atom. The van der Waals surface area contributed by atoms with Crippen LogP contribution in [0.5, 0.6) is 0 Å². The van der Waals surface area contributed by atoms with Crippen molar-refractivity contribution in [2.24, 2.45) is 17.8 Å². The van der Waals surface area contributed by atoms with Crippen molar-refractivity contribution >= 4 is 5.91 Å². The fourth-order valence-corrected chi connectivity index (χ4v) is 6.38. The molecule has 5 atom stereocenters. The highest BCUT2D eigenvalue weighted by atomic mass is 16.3. The molecule has 5 nitrogen and oxygen atoms in total. The number of carbonyl (C=O) groups is 1. The van der Waals surface area contributed by atoms with E-state index in [9.17, 15) is 9.90 Å². The second-order valence-corrected chi connectivity index (χ2v) is 9.29. The van der Waals surface area contributed by atoms with E-state index >= 15 is 0 Å². The predicted octanol–water partition coefficient (Wildman–Crippen LogP) is 2.59. The maximum absolute atomic E-state index is 12.4. The van der Waals surface area contributed by atoms with Gasteiger partial charge in [-0.25, -0.2) is 0 Å². The first-order chi connectivity index (χ1) is 12.6. The third kappa shape index (κ3) is 3.51. The summed E-state index contributed by atoms with van der Waals surface area (Å²) < 4.78 is 0. The molecular weight excluding hydrogens is 326 g/mol. The Morgan fingerprint density at radius 3 is 2.46 bits per heavy atom. The second-order valence-electron chi connectivity index (χ2n) is 9.29. The molecule has 0 radical (unpaired) electrons. The monoisotopic (exact) mass is 359 g/mol. The molecule has 4 aliphatic rings. The highest BCUT2D eigenvalue weighted by Gasteiger charge is 2.51. The van der Waals surface area contributed by atoms with Gasteiger partial charge in [-0.15, -0.1) is 0 Å². The van der Waals surface area contributed by atoms with E-state index in [1.54, 1.807) is 4.90 Å². The van der Waals surface area contributed by atoms with Gasteiger partial charge in [0.05, 0.1) is 18.2 Å². The van der Waals surface area contributed by atoms with Crippen LogP contribution >= 0.6 is 0 Å². The van der Waals surface area contributed by atoms with Crippen molar-refractivity contribution < 1.29 is 9.90 Å². The summed E-state index contributed by atoms with van der Waals surface area (Å²) in [5.74, 6) is 1.83. The lowest BCUT2D eigenvalue weighted by atomic mass is 9.75. The van der Waals surface area contributed by atoms with Crippen LogP contribution in [0.15, 0.2) is 0 Å². The van der Waals surface area contributed by atoms with Crippen LogP contribution in [0.1, 0.15) is 70.6 Å². The first-order valence-corrected chi connectivity index (χ1v) is 10.7. The molecule has 1 amide bonds. The molecule has 0 aromatic heterocycles. The van der Waals surface area contributed by atoms with Gasteiger partial charge in [0.2, 0.25) is 5.91 Å². The number of fused-ring (bicyclic) bond motifs is 1. The zero-order valence-electron chi connectivity index (χ0n) is 15.8. The minimum atomic E-state index is -0.411. The standard InChI is InChI=1S/C21H33N3O2/c22-13-19-7-4-8-24(19)20(25)14-23-18-9-15-11-21(26,12-16(15)10-18)17-5-2-1-3-6-17/h15-19,23,26H,1-12,14H2/t15-,16+,18-,19-,21?/m0/s1. The molecule has 0 aromatic rings. The van der Waals surface area contributed by atoms with Gasteiger partial charge in [0.1, 0.15) is 6.04 Å². The Labute approximate surface area is 157 Å². The van der Waals surface area contributed by atoms with Crippen LogP contribution in [-0.2, 0) is 4.79 Å². The zero-order valence-corrected chi connectivity index (χ0v) is 15.8. The van der Waals surface area contributed by atoms with E-state index < -0.39 is 5.60 Å². The molecule has 1 heterocycles. The number of likely N-dealkylation sites (tertiary alicyclic amines) is 1. The normalized spacial score (nSPS) is 40.5. The summed E-state index contributed by atoms with van der Waals surface area (Å²) in [7, 11) is 0. The van der Waals surface area contributed by atoms with Gasteiger partial charge in [0.15, 0.2) is 0 Å². The van der Waals surface area contributed by atoms with E-state index in [4.69, 9.17) is 5.26 Å². The maximum Gasteiger partial charge on any atom is 0.237 e. The van der Waals surface area contributed by atoms with Crippen molar-refractivity contribution in [3.05, 3.63) is 0 Å². The maximum atomic E-state index is 12.4. The van der Waals surface area contributed by atoms with Gasteiger partial charge in [-0.3, -0.25) is 4.79 Å². The molecule has 4 rings (SSSR count). The van der Waals surface area contributed by atoms with E-state index in [0.29, 0.717) is 30.3 Å². The largest absolute Gasteiger partial charge is 0.390 e. The molecule has 2 N–H and O–H groups in total. The van der Waals surface area contributed by atoms with Crippen LogP contribution in [0.25, 0.3) is 0 Å². The molecule has 0 spiro atoms. The molecule has 1 unspecified atom stereocenters. The second kappa shape index (κ2) is 7.48. The third-order valence-corrected chi connectivity index (χ3v) is 7.70. The summed E-state index contributed by atoms with van der Waals surface area (Å²) in [6.45, 7) is 1.08. The topological polar surface area (TPSA) is 76.4 Å². The minimum absolute atomic E-state index is 0.0739. The van der Waals surface area contributed by atoms with Crippen molar-refractivity contribution in [1.82, 2.24) is 10.2 Å². The van der Waals surface area contributed by atoms with Gasteiger partial charge in [-0.05, 0) is 69.1 Å². The quantitative estimate of drug-likeness (QED) is 0.809. The number of nitriles is 1. The summed E-state index contributed by atoms with van der Waals surface area (Å²) in [5, 5.41) is 23.8. The molecule has 0 aromatic carbocycles. The zero-order chi connectivity index (χ0) is 18.1. The Bertz CT molecular complexity index is 552. The number of rotatable bonds is 4. The number of aliphatic hydroxyl groups is 1. The highest BCUT2D eigenvalue weighted by molar-refractivity contribution is 5.79. The molecule has 1 aliphatic heterocycles.